The van der Waals surface area contributed by atoms with Crippen molar-refractivity contribution >= 4 is 23.5 Å². The number of aliphatic carboxylic acids is 1. The van der Waals surface area contributed by atoms with Gasteiger partial charge in [-0.15, -0.1) is 6.58 Å². The minimum Gasteiger partial charge on any atom is -0.481 e. The first-order valence-corrected chi connectivity index (χ1v) is 6.03. The minimum atomic E-state index is -1.02. The molecule has 1 rings (SSSR count). The van der Waals surface area contributed by atoms with Gasteiger partial charge in [-0.05, 0) is 24.3 Å². The van der Waals surface area contributed by atoms with Gasteiger partial charge in [-0.3, -0.25) is 14.4 Å². The summed E-state index contributed by atoms with van der Waals surface area (Å²) in [5.41, 5.74) is 0.982. The van der Waals surface area contributed by atoms with Gasteiger partial charge in [0.25, 0.3) is 5.91 Å². The first kappa shape index (κ1) is 15.4. The number of carbonyl (C=O) groups excluding carboxylic acids is 2. The van der Waals surface area contributed by atoms with E-state index in [1.807, 2.05) is 0 Å². The quantitative estimate of drug-likeness (QED) is 0.656. The van der Waals surface area contributed by atoms with Crippen LogP contribution in [0.3, 0.4) is 0 Å². The number of nitrogens with one attached hydrogen (secondary N) is 2. The van der Waals surface area contributed by atoms with Crippen molar-refractivity contribution in [1.29, 1.82) is 0 Å². The highest BCUT2D eigenvalue weighted by atomic mass is 16.4. The number of carboxylic acid groups (broad SMARTS) is 1. The summed E-state index contributed by atoms with van der Waals surface area (Å²) in [6, 6.07) is 6.32. The molecule has 0 bridgehead atoms. The molecule has 0 heterocycles. The highest BCUT2D eigenvalue weighted by Crippen LogP contribution is 2.10. The van der Waals surface area contributed by atoms with E-state index in [2.05, 4.69) is 17.2 Å². The fraction of sp³-hybridized carbons (Fsp3) is 0.214. The van der Waals surface area contributed by atoms with Crippen LogP contribution in [0.4, 0.5) is 5.69 Å². The van der Waals surface area contributed by atoms with E-state index in [9.17, 15) is 14.4 Å². The predicted molar refractivity (Wildman–Crippen MR) is 74.5 cm³/mol. The van der Waals surface area contributed by atoms with E-state index in [0.29, 0.717) is 17.8 Å². The number of hydrogen-bond donors (Lipinski definition) is 3. The Bertz CT molecular complexity index is 508. The summed E-state index contributed by atoms with van der Waals surface area (Å²) >= 11 is 0. The Kier molecular flexibility index (Phi) is 5.96. The van der Waals surface area contributed by atoms with Crippen molar-refractivity contribution in [1.82, 2.24) is 5.32 Å². The van der Waals surface area contributed by atoms with Crippen LogP contribution in [0, 0.1) is 0 Å². The predicted octanol–water partition coefficient (Wildman–Crippen LogP) is 1.41. The zero-order chi connectivity index (χ0) is 15.0. The normalized spacial score (nSPS) is 9.60. The van der Waals surface area contributed by atoms with Crippen molar-refractivity contribution in [2.24, 2.45) is 0 Å². The van der Waals surface area contributed by atoms with Crippen LogP contribution >= 0.6 is 0 Å². The summed E-state index contributed by atoms with van der Waals surface area (Å²) < 4.78 is 0. The van der Waals surface area contributed by atoms with Gasteiger partial charge in [0.15, 0.2) is 0 Å². The van der Waals surface area contributed by atoms with E-state index in [4.69, 9.17) is 5.11 Å². The van der Waals surface area contributed by atoms with E-state index in [-0.39, 0.29) is 24.7 Å². The van der Waals surface area contributed by atoms with Crippen molar-refractivity contribution in [3.8, 4) is 0 Å². The Balaban J connectivity index is 2.53. The maximum absolute atomic E-state index is 11.6. The Morgan fingerprint density at radius 3 is 2.35 bits per heavy atom. The third-order valence-electron chi connectivity index (χ3n) is 2.40. The zero-order valence-corrected chi connectivity index (χ0v) is 10.9. The average molecular weight is 276 g/mol. The molecule has 0 radical (unpaired) electrons. The molecule has 2 amide bonds. The van der Waals surface area contributed by atoms with E-state index in [0.717, 1.165) is 0 Å². The molecule has 0 spiro atoms. The zero-order valence-electron chi connectivity index (χ0n) is 10.9. The maximum Gasteiger partial charge on any atom is 0.303 e. The standard InChI is InChI=1S/C14H16N2O4/c1-2-9-15-14(20)10-3-5-11(6-4-10)16-12(17)7-8-13(18)19/h2-6H,1,7-9H2,(H,15,20)(H,16,17)(H,18,19). The van der Waals surface area contributed by atoms with Gasteiger partial charge in [0.05, 0.1) is 6.42 Å². The van der Waals surface area contributed by atoms with Crippen molar-refractivity contribution in [2.45, 2.75) is 12.8 Å². The molecule has 0 aliphatic heterocycles. The molecule has 0 fully saturated rings. The maximum atomic E-state index is 11.6. The summed E-state index contributed by atoms with van der Waals surface area (Å²) in [4.78, 5) is 33.3. The first-order chi connectivity index (χ1) is 9.52. The van der Waals surface area contributed by atoms with Gasteiger partial charge in [-0.25, -0.2) is 0 Å². The van der Waals surface area contributed by atoms with Crippen LogP contribution < -0.4 is 10.6 Å². The number of anilines is 1. The highest BCUT2D eigenvalue weighted by Gasteiger charge is 2.07. The number of rotatable bonds is 7. The summed E-state index contributed by atoms with van der Waals surface area (Å²) in [5.74, 6) is -1.63. The molecule has 106 valence electrons. The molecule has 0 aromatic heterocycles. The Morgan fingerprint density at radius 2 is 1.80 bits per heavy atom. The SMILES string of the molecule is C=CCNC(=O)c1ccc(NC(=O)CCC(=O)O)cc1. The van der Waals surface area contributed by atoms with Crippen molar-refractivity contribution in [2.75, 3.05) is 11.9 Å². The molecular weight excluding hydrogens is 260 g/mol. The monoisotopic (exact) mass is 276 g/mol. The van der Waals surface area contributed by atoms with Gasteiger partial charge in [-0.1, -0.05) is 6.08 Å². The van der Waals surface area contributed by atoms with Crippen LogP contribution in [0.15, 0.2) is 36.9 Å². The van der Waals surface area contributed by atoms with E-state index >= 15 is 0 Å². The number of carboxylic acids is 1. The van der Waals surface area contributed by atoms with Crippen molar-refractivity contribution in [3.05, 3.63) is 42.5 Å². The molecule has 6 heteroatoms. The van der Waals surface area contributed by atoms with Crippen LogP contribution in [0.1, 0.15) is 23.2 Å². The topological polar surface area (TPSA) is 95.5 Å². The number of hydrogen-bond acceptors (Lipinski definition) is 3. The fourth-order valence-corrected chi connectivity index (χ4v) is 1.42. The van der Waals surface area contributed by atoms with Crippen molar-refractivity contribution < 1.29 is 19.5 Å². The average Bonchev–Trinajstić information content (AvgIpc) is 2.43. The second-order valence-electron chi connectivity index (χ2n) is 4.02. The molecule has 0 aliphatic rings. The van der Waals surface area contributed by atoms with Gasteiger partial charge in [0.2, 0.25) is 5.91 Å². The fourth-order valence-electron chi connectivity index (χ4n) is 1.42. The second-order valence-corrected chi connectivity index (χ2v) is 4.02. The Labute approximate surface area is 116 Å². The third-order valence-corrected chi connectivity index (χ3v) is 2.40. The molecule has 1 aromatic carbocycles. The minimum absolute atomic E-state index is 0.0864. The molecule has 0 atom stereocenters. The lowest BCUT2D eigenvalue weighted by Gasteiger charge is -2.06. The van der Waals surface area contributed by atoms with Gasteiger partial charge < -0.3 is 15.7 Å². The smallest absolute Gasteiger partial charge is 0.303 e. The Hall–Kier alpha value is -2.63. The van der Waals surface area contributed by atoms with Gasteiger partial charge >= 0.3 is 5.97 Å². The number of amides is 2. The molecule has 0 saturated heterocycles. The number of carbonyl (C=O) groups is 3. The van der Waals surface area contributed by atoms with Crippen LogP contribution in [0.2, 0.25) is 0 Å². The van der Waals surface area contributed by atoms with Gasteiger partial charge in [0, 0.05) is 24.2 Å². The molecule has 0 unspecified atom stereocenters. The second kappa shape index (κ2) is 7.73. The van der Waals surface area contributed by atoms with Crippen LogP contribution in [-0.2, 0) is 9.59 Å². The lowest BCUT2D eigenvalue weighted by atomic mass is 10.2. The Morgan fingerprint density at radius 1 is 1.15 bits per heavy atom. The summed E-state index contributed by atoms with van der Waals surface area (Å²) in [5, 5.41) is 13.7. The largest absolute Gasteiger partial charge is 0.481 e. The van der Waals surface area contributed by atoms with Crippen molar-refractivity contribution in [3.63, 3.8) is 0 Å². The lowest BCUT2D eigenvalue weighted by molar-refractivity contribution is -0.138. The molecule has 6 nitrogen and oxygen atoms in total. The lowest BCUT2D eigenvalue weighted by Crippen LogP contribution is -2.23. The van der Waals surface area contributed by atoms with E-state index in [1.54, 1.807) is 30.3 Å². The molecule has 20 heavy (non-hydrogen) atoms. The van der Waals surface area contributed by atoms with Crippen LogP contribution in [-0.4, -0.2) is 29.4 Å². The number of benzene rings is 1. The highest BCUT2D eigenvalue weighted by molar-refractivity contribution is 5.96. The van der Waals surface area contributed by atoms with Crippen LogP contribution in [0.25, 0.3) is 0 Å². The molecular formula is C14H16N2O4. The molecule has 1 aromatic rings. The summed E-state index contributed by atoms with van der Waals surface area (Å²) in [7, 11) is 0. The molecule has 0 saturated carbocycles. The molecule has 3 N–H and O–H groups in total. The van der Waals surface area contributed by atoms with Gasteiger partial charge in [-0.2, -0.15) is 0 Å². The van der Waals surface area contributed by atoms with Crippen LogP contribution in [0.5, 0.6) is 0 Å². The third kappa shape index (κ3) is 5.34. The summed E-state index contributed by atoms with van der Waals surface area (Å²) in [6.45, 7) is 3.88. The van der Waals surface area contributed by atoms with E-state index in [1.165, 1.54) is 0 Å². The molecule has 0 aliphatic carbocycles. The van der Waals surface area contributed by atoms with Gasteiger partial charge in [0.1, 0.15) is 0 Å². The first-order valence-electron chi connectivity index (χ1n) is 6.03. The van der Waals surface area contributed by atoms with E-state index < -0.39 is 5.97 Å². The summed E-state index contributed by atoms with van der Waals surface area (Å²) in [6.07, 6.45) is 1.28.